The number of hydrogen-bond donors (Lipinski definition) is 1. The summed E-state index contributed by atoms with van der Waals surface area (Å²) in [4.78, 5) is 40.7. The summed E-state index contributed by atoms with van der Waals surface area (Å²) in [6.45, 7) is 3.24. The Morgan fingerprint density at radius 1 is 1.03 bits per heavy atom. The number of aromatic nitrogens is 1. The Kier molecular flexibility index (Phi) is 9.83. The number of amides is 2. The minimum absolute atomic E-state index is 0.0414. The number of rotatable bonds is 7. The molecular formula is C25H31ClF2N4O4. The Morgan fingerprint density at radius 3 is 2.31 bits per heavy atom. The number of carbonyl (C=O) groups is 2. The molecule has 0 bridgehead atoms. The zero-order valence-corrected chi connectivity index (χ0v) is 21.1. The third-order valence-electron chi connectivity index (χ3n) is 6.16. The fourth-order valence-electron chi connectivity index (χ4n) is 4.41. The number of halogens is 3. The fraction of sp³-hybridized carbons (Fsp3) is 0.480. The Labute approximate surface area is 213 Å². The van der Waals surface area contributed by atoms with E-state index in [1.165, 1.54) is 4.57 Å². The van der Waals surface area contributed by atoms with Gasteiger partial charge >= 0.3 is 6.61 Å². The van der Waals surface area contributed by atoms with Crippen LogP contribution in [0.5, 0.6) is 0 Å². The number of nitrogens with one attached hydrogen (secondary N) is 1. The Hall–Kier alpha value is -2.98. The van der Waals surface area contributed by atoms with Crippen LogP contribution in [0.25, 0.3) is 0 Å². The van der Waals surface area contributed by atoms with Crippen molar-refractivity contribution in [2.75, 3.05) is 42.6 Å². The molecule has 11 heteroatoms. The molecule has 1 aromatic carbocycles. The molecule has 2 aliphatic heterocycles. The zero-order chi connectivity index (χ0) is 26.2. The van der Waals surface area contributed by atoms with Gasteiger partial charge in [0.2, 0.25) is 11.8 Å². The van der Waals surface area contributed by atoms with Gasteiger partial charge in [0.1, 0.15) is 5.69 Å². The number of piperazine rings is 1. The van der Waals surface area contributed by atoms with Gasteiger partial charge in [0.15, 0.2) is 0 Å². The van der Waals surface area contributed by atoms with Crippen LogP contribution in [-0.2, 0) is 20.9 Å². The molecule has 196 valence electrons. The monoisotopic (exact) mass is 524 g/mol. The highest BCUT2D eigenvalue weighted by molar-refractivity contribution is 6.34. The molecule has 4 rings (SSSR count). The van der Waals surface area contributed by atoms with Crippen LogP contribution in [0, 0.1) is 0 Å². The van der Waals surface area contributed by atoms with Crippen molar-refractivity contribution in [2.24, 2.45) is 0 Å². The zero-order valence-electron chi connectivity index (χ0n) is 20.4. The predicted molar refractivity (Wildman–Crippen MR) is 135 cm³/mol. The maximum absolute atomic E-state index is 12.8. The van der Waals surface area contributed by atoms with Crippen molar-refractivity contribution in [3.63, 3.8) is 0 Å². The van der Waals surface area contributed by atoms with Gasteiger partial charge in [-0.25, -0.2) is 0 Å². The van der Waals surface area contributed by atoms with Crippen LogP contribution in [0.4, 0.5) is 20.2 Å². The van der Waals surface area contributed by atoms with Gasteiger partial charge in [-0.3, -0.25) is 19.7 Å². The molecule has 0 spiro atoms. The smallest absolute Gasteiger partial charge is 0.345 e. The van der Waals surface area contributed by atoms with Crippen LogP contribution in [-0.4, -0.2) is 55.8 Å². The van der Waals surface area contributed by atoms with Gasteiger partial charge in [0, 0.05) is 45.3 Å². The number of anilines is 2. The number of nitrogens with zero attached hydrogens (tertiary/aromatic N) is 3. The molecule has 2 aromatic rings. The molecular weight excluding hydrogens is 494 g/mol. The first kappa shape index (κ1) is 27.6. The normalized spacial score (nSPS) is 18.1. The maximum Gasteiger partial charge on any atom is 0.345 e. The average molecular weight is 525 g/mol. The lowest BCUT2D eigenvalue weighted by molar-refractivity contribution is -0.134. The number of benzene rings is 1. The first-order valence-corrected chi connectivity index (χ1v) is 12.4. The average Bonchev–Trinajstić information content (AvgIpc) is 2.87. The van der Waals surface area contributed by atoms with E-state index in [0.29, 0.717) is 48.9 Å². The molecule has 36 heavy (non-hydrogen) atoms. The van der Waals surface area contributed by atoms with Crippen LogP contribution in [0.3, 0.4) is 0 Å². The predicted octanol–water partition coefficient (Wildman–Crippen LogP) is 3.61. The summed E-state index contributed by atoms with van der Waals surface area (Å²) in [7, 11) is 0. The molecule has 2 saturated heterocycles. The van der Waals surface area contributed by atoms with E-state index in [1.54, 1.807) is 18.3 Å². The number of hydrogen-bond acceptors (Lipinski definition) is 6. The number of alkyl halides is 2. The highest BCUT2D eigenvalue weighted by atomic mass is 35.5. The minimum Gasteiger partial charge on any atom is -0.367 e. The third kappa shape index (κ3) is 6.41. The van der Waals surface area contributed by atoms with Crippen molar-refractivity contribution in [3.05, 3.63) is 57.5 Å². The lowest BCUT2D eigenvalue weighted by atomic mass is 9.90. The van der Waals surface area contributed by atoms with Crippen molar-refractivity contribution < 1.29 is 23.1 Å². The molecule has 0 radical (unpaired) electrons. The lowest BCUT2D eigenvalue weighted by Gasteiger charge is -2.38. The Balaban J connectivity index is 0.00000176. The van der Waals surface area contributed by atoms with E-state index in [4.69, 9.17) is 11.6 Å². The quantitative estimate of drug-likeness (QED) is 0.557. The lowest BCUT2D eigenvalue weighted by Crippen LogP contribution is -2.48. The minimum atomic E-state index is -2.87. The topological polar surface area (TPSA) is 83.9 Å². The van der Waals surface area contributed by atoms with Crippen LogP contribution < -0.4 is 20.7 Å². The summed E-state index contributed by atoms with van der Waals surface area (Å²) in [5, 5.41) is 2.86. The molecule has 2 aliphatic rings. The van der Waals surface area contributed by atoms with Crippen molar-refractivity contribution in [2.45, 2.75) is 45.8 Å². The number of piperidine rings is 1. The SMILES string of the molecule is CC.O=C1CCC(c2cccc(N3CCN(c4cccn(CCOC(F)F)c4=O)CC3)c2Cl)C(=O)N1. The van der Waals surface area contributed by atoms with Gasteiger partial charge in [0.05, 0.1) is 23.2 Å². The van der Waals surface area contributed by atoms with Crippen LogP contribution in [0.15, 0.2) is 41.3 Å². The number of pyridine rings is 1. The van der Waals surface area contributed by atoms with E-state index in [0.717, 1.165) is 5.69 Å². The summed E-state index contributed by atoms with van der Waals surface area (Å²) in [6, 6.07) is 8.99. The highest BCUT2D eigenvalue weighted by Crippen LogP contribution is 2.37. The van der Waals surface area contributed by atoms with E-state index >= 15 is 0 Å². The summed E-state index contributed by atoms with van der Waals surface area (Å²) in [6.07, 6.45) is 2.25. The van der Waals surface area contributed by atoms with E-state index in [1.807, 2.05) is 36.9 Å². The number of ether oxygens (including phenoxy) is 1. The van der Waals surface area contributed by atoms with Gasteiger partial charge in [-0.15, -0.1) is 0 Å². The van der Waals surface area contributed by atoms with Crippen molar-refractivity contribution in [1.29, 1.82) is 0 Å². The Bertz CT molecular complexity index is 1120. The molecule has 0 aliphatic carbocycles. The van der Waals surface area contributed by atoms with Crippen LogP contribution >= 0.6 is 11.6 Å². The van der Waals surface area contributed by atoms with Gasteiger partial charge in [0.25, 0.3) is 5.56 Å². The highest BCUT2D eigenvalue weighted by Gasteiger charge is 2.31. The fourth-order valence-corrected chi connectivity index (χ4v) is 4.79. The van der Waals surface area contributed by atoms with Gasteiger partial charge in [-0.1, -0.05) is 37.6 Å². The summed E-state index contributed by atoms with van der Waals surface area (Å²) >= 11 is 6.71. The second-order valence-corrected chi connectivity index (χ2v) is 8.56. The largest absolute Gasteiger partial charge is 0.367 e. The third-order valence-corrected chi connectivity index (χ3v) is 6.57. The van der Waals surface area contributed by atoms with Gasteiger partial charge < -0.3 is 19.1 Å². The molecule has 1 atom stereocenters. The van der Waals surface area contributed by atoms with E-state index in [2.05, 4.69) is 15.0 Å². The molecule has 3 heterocycles. The second-order valence-electron chi connectivity index (χ2n) is 8.18. The van der Waals surface area contributed by atoms with E-state index in [9.17, 15) is 23.2 Å². The second kappa shape index (κ2) is 12.8. The summed E-state index contributed by atoms with van der Waals surface area (Å²) < 4.78 is 30.1. The van der Waals surface area contributed by atoms with Crippen molar-refractivity contribution >= 4 is 34.8 Å². The first-order valence-electron chi connectivity index (χ1n) is 12.1. The van der Waals surface area contributed by atoms with Gasteiger partial charge in [-0.05, 0) is 30.2 Å². The van der Waals surface area contributed by atoms with Crippen LogP contribution in [0.1, 0.15) is 38.2 Å². The molecule has 2 amide bonds. The van der Waals surface area contributed by atoms with Crippen LogP contribution in [0.2, 0.25) is 5.02 Å². The van der Waals surface area contributed by atoms with Crippen molar-refractivity contribution in [3.8, 4) is 0 Å². The molecule has 1 unspecified atom stereocenters. The first-order chi connectivity index (χ1) is 17.3. The molecule has 2 fully saturated rings. The standard InChI is InChI=1S/C23H25ClF2N4O4.C2H6/c24-20-15(16-6-7-19(31)27-21(16)32)3-1-4-17(20)28-9-11-29(12-10-28)18-5-2-8-30(22(18)33)13-14-34-23(25)26;1-2/h1-5,8,16,23H,6-7,9-14H2,(H,27,31,32);1-2H3. The molecule has 0 saturated carbocycles. The summed E-state index contributed by atoms with van der Waals surface area (Å²) in [5.41, 5.74) is 1.75. The molecule has 1 aromatic heterocycles. The van der Waals surface area contributed by atoms with E-state index in [-0.39, 0.29) is 36.9 Å². The van der Waals surface area contributed by atoms with Gasteiger partial charge in [-0.2, -0.15) is 8.78 Å². The maximum atomic E-state index is 12.8. The summed E-state index contributed by atoms with van der Waals surface area (Å²) in [5.74, 6) is -1.08. The number of carbonyl (C=O) groups excluding carboxylic acids is 2. The molecule has 8 nitrogen and oxygen atoms in total. The number of imide groups is 1. The van der Waals surface area contributed by atoms with Crippen molar-refractivity contribution in [1.82, 2.24) is 9.88 Å². The molecule has 1 N–H and O–H groups in total. The van der Waals surface area contributed by atoms with E-state index < -0.39 is 12.5 Å². The Morgan fingerprint density at radius 2 is 1.67 bits per heavy atom.